The van der Waals surface area contributed by atoms with Crippen molar-refractivity contribution in [1.29, 1.82) is 0 Å². The molecule has 5 rings (SSSR count). The Morgan fingerprint density at radius 1 is 0.930 bits per heavy atom. The number of aryl methyl sites for hydroxylation is 1. The predicted octanol–water partition coefficient (Wildman–Crippen LogP) is 3.19. The van der Waals surface area contributed by atoms with Crippen LogP contribution in [0.2, 0.25) is 0 Å². The number of carboxylic acids is 1. The molecule has 1 amide bonds. The van der Waals surface area contributed by atoms with Crippen LogP contribution in [-0.4, -0.2) is 98.7 Å². The van der Waals surface area contributed by atoms with Gasteiger partial charge in [-0.1, -0.05) is 18.2 Å². The molecule has 1 aliphatic heterocycles. The van der Waals surface area contributed by atoms with Crippen LogP contribution < -0.4 is 13.8 Å². The number of anilines is 1. The normalized spacial score (nSPS) is 14.3. The number of pyridine rings is 1. The van der Waals surface area contributed by atoms with Crippen molar-refractivity contribution in [3.63, 3.8) is 0 Å². The number of hydrogen-bond donors (Lipinski definition) is 1. The molecule has 43 heavy (non-hydrogen) atoms. The number of benzene rings is 2. The molecule has 4 aromatic rings. The van der Waals surface area contributed by atoms with Gasteiger partial charge in [-0.3, -0.25) is 9.59 Å². The average molecular weight is 612 g/mol. The Labute approximate surface area is 251 Å². The Hall–Kier alpha value is -4.20. The van der Waals surface area contributed by atoms with Gasteiger partial charge in [-0.2, -0.15) is 9.29 Å². The van der Waals surface area contributed by atoms with Crippen molar-refractivity contribution in [3.8, 4) is 11.8 Å². The summed E-state index contributed by atoms with van der Waals surface area (Å²) >= 11 is 0. The number of aliphatic carboxylic acids is 1. The monoisotopic (exact) mass is 611 g/mol. The highest BCUT2D eigenvalue weighted by atomic mass is 32.2. The number of ether oxygens (including phenoxy) is 2. The number of methoxy groups -OCH3 is 2. The van der Waals surface area contributed by atoms with Crippen molar-refractivity contribution < 1.29 is 32.6 Å². The number of para-hydroxylation sites is 1. The molecule has 1 saturated heterocycles. The third-order valence-electron chi connectivity index (χ3n) is 7.32. The summed E-state index contributed by atoms with van der Waals surface area (Å²) in [6.45, 7) is 4.98. The molecule has 2 aromatic heterocycles. The van der Waals surface area contributed by atoms with E-state index in [2.05, 4.69) is 21.8 Å². The Morgan fingerprint density at radius 3 is 2.23 bits per heavy atom. The lowest BCUT2D eigenvalue weighted by atomic mass is 10.1. The first-order valence-corrected chi connectivity index (χ1v) is 15.2. The van der Waals surface area contributed by atoms with Crippen LogP contribution in [0.5, 0.6) is 11.8 Å². The van der Waals surface area contributed by atoms with E-state index in [0.29, 0.717) is 6.54 Å². The maximum absolute atomic E-state index is 14.2. The van der Waals surface area contributed by atoms with E-state index >= 15 is 0 Å². The number of carboxylic acid groups (broad SMARTS) is 1. The highest BCUT2D eigenvalue weighted by Gasteiger charge is 2.34. The van der Waals surface area contributed by atoms with E-state index in [-0.39, 0.29) is 28.8 Å². The number of aromatic nitrogens is 2. The van der Waals surface area contributed by atoms with E-state index < -0.39 is 21.9 Å². The van der Waals surface area contributed by atoms with Gasteiger partial charge in [0, 0.05) is 81.0 Å². The quantitative estimate of drug-likeness (QED) is 0.317. The fraction of sp³-hybridized carbons (Fsp3) is 0.367. The Morgan fingerprint density at radius 2 is 1.58 bits per heavy atom. The van der Waals surface area contributed by atoms with Gasteiger partial charge in [0.1, 0.15) is 5.69 Å². The lowest BCUT2D eigenvalue weighted by Gasteiger charge is -2.32. The van der Waals surface area contributed by atoms with Gasteiger partial charge >= 0.3 is 0 Å². The molecule has 0 unspecified atom stereocenters. The number of fused-ring (bicyclic) bond motifs is 3. The Kier molecular flexibility index (Phi) is 9.89. The molecular weight excluding hydrogens is 574 g/mol. The Balaban J connectivity index is 0.000000996. The Bertz CT molecular complexity index is 1730. The minimum Gasteiger partial charge on any atom is -0.481 e. The second-order valence-electron chi connectivity index (χ2n) is 10.2. The van der Waals surface area contributed by atoms with E-state index in [9.17, 15) is 13.2 Å². The summed E-state index contributed by atoms with van der Waals surface area (Å²) in [6.07, 6.45) is 0.0225. The van der Waals surface area contributed by atoms with Gasteiger partial charge in [-0.05, 0) is 37.4 Å². The van der Waals surface area contributed by atoms with Crippen molar-refractivity contribution in [2.24, 2.45) is 7.05 Å². The molecule has 0 atom stereocenters. The molecular formula is C30H37N5O7S. The molecule has 0 bridgehead atoms. The fourth-order valence-electron chi connectivity index (χ4n) is 5.07. The first kappa shape index (κ1) is 31.7. The second-order valence-corrected chi connectivity index (χ2v) is 12.0. The van der Waals surface area contributed by atoms with Gasteiger partial charge in [0.25, 0.3) is 16.0 Å². The summed E-state index contributed by atoms with van der Waals surface area (Å²) in [6, 6.07) is 15.8. The lowest BCUT2D eigenvalue weighted by Crippen LogP contribution is -2.46. The van der Waals surface area contributed by atoms with Crippen molar-refractivity contribution >= 4 is 49.4 Å². The van der Waals surface area contributed by atoms with Crippen molar-refractivity contribution in [2.75, 3.05) is 58.3 Å². The van der Waals surface area contributed by atoms with Crippen LogP contribution in [0.25, 0.3) is 21.8 Å². The zero-order valence-corrected chi connectivity index (χ0v) is 25.8. The summed E-state index contributed by atoms with van der Waals surface area (Å²) in [4.78, 5) is 31.4. The number of nitrogens with zero attached hydrogens (tertiary/aromatic N) is 5. The zero-order valence-electron chi connectivity index (χ0n) is 25.0. The molecule has 1 aliphatic rings. The van der Waals surface area contributed by atoms with Crippen LogP contribution >= 0.6 is 0 Å². The van der Waals surface area contributed by atoms with Crippen molar-refractivity contribution in [3.05, 3.63) is 54.6 Å². The molecule has 13 heteroatoms. The van der Waals surface area contributed by atoms with E-state index in [1.165, 1.54) is 26.4 Å². The molecule has 3 heterocycles. The second kappa shape index (κ2) is 13.4. The van der Waals surface area contributed by atoms with Crippen molar-refractivity contribution in [1.82, 2.24) is 19.4 Å². The largest absolute Gasteiger partial charge is 0.481 e. The van der Waals surface area contributed by atoms with Gasteiger partial charge in [0.15, 0.2) is 0 Å². The lowest BCUT2D eigenvalue weighted by molar-refractivity contribution is -0.134. The van der Waals surface area contributed by atoms with E-state index in [0.717, 1.165) is 59.2 Å². The number of likely N-dealkylation sites (N-methyl/N-ethyl adjacent to an activating group) is 1. The fourth-order valence-corrected chi connectivity index (χ4v) is 6.55. The van der Waals surface area contributed by atoms with Crippen LogP contribution in [-0.2, 0) is 26.7 Å². The number of rotatable bonds is 8. The topological polar surface area (TPSA) is 135 Å². The van der Waals surface area contributed by atoms with Gasteiger partial charge in [-0.15, -0.1) is 0 Å². The minimum atomic E-state index is -4.33. The number of amides is 1. The third kappa shape index (κ3) is 6.90. The summed E-state index contributed by atoms with van der Waals surface area (Å²) in [5.74, 6) is -1.16. The smallest absolute Gasteiger partial charge is 0.300 e. The van der Waals surface area contributed by atoms with Crippen LogP contribution in [0.3, 0.4) is 0 Å². The van der Waals surface area contributed by atoms with Crippen molar-refractivity contribution in [2.45, 2.75) is 18.2 Å². The highest BCUT2D eigenvalue weighted by Crippen LogP contribution is 2.36. The first-order chi connectivity index (χ1) is 20.5. The molecule has 0 aliphatic carbocycles. The number of carbonyl (C=O) groups is 2. The molecule has 1 fully saturated rings. The summed E-state index contributed by atoms with van der Waals surface area (Å²) < 4.78 is 42.0. The van der Waals surface area contributed by atoms with Crippen LogP contribution in [0, 0.1) is 0 Å². The number of hydrogen-bond acceptors (Lipinski definition) is 9. The van der Waals surface area contributed by atoms with Gasteiger partial charge < -0.3 is 28.9 Å². The van der Waals surface area contributed by atoms with Crippen LogP contribution in [0.1, 0.15) is 13.3 Å². The van der Waals surface area contributed by atoms with Gasteiger partial charge in [0.05, 0.1) is 19.1 Å². The third-order valence-corrected chi connectivity index (χ3v) is 9.05. The molecule has 12 nitrogen and oxygen atoms in total. The zero-order chi connectivity index (χ0) is 31.3. The minimum absolute atomic E-state index is 0.0113. The molecule has 0 spiro atoms. The maximum Gasteiger partial charge on any atom is 0.300 e. The summed E-state index contributed by atoms with van der Waals surface area (Å²) in [7, 11) is 2.51. The summed E-state index contributed by atoms with van der Waals surface area (Å²) in [5, 5.41) is 9.14. The van der Waals surface area contributed by atoms with Gasteiger partial charge in [0.2, 0.25) is 17.7 Å². The van der Waals surface area contributed by atoms with E-state index in [4.69, 9.17) is 19.4 Å². The number of piperazine rings is 1. The SMILES string of the molecule is CC(=O)O.COc1ccc(N(C(=O)CCN2CCN(C)CC2)S(=O)(=O)c2ccc3c(c2)c2ccccc2n3C)c(OC)n1. The molecule has 0 radical (unpaired) electrons. The highest BCUT2D eigenvalue weighted by molar-refractivity contribution is 7.93. The molecule has 2 aromatic carbocycles. The first-order valence-electron chi connectivity index (χ1n) is 13.7. The summed E-state index contributed by atoms with van der Waals surface area (Å²) in [5.41, 5.74) is 1.93. The van der Waals surface area contributed by atoms with E-state index in [1.807, 2.05) is 35.9 Å². The molecule has 230 valence electrons. The van der Waals surface area contributed by atoms with E-state index in [1.54, 1.807) is 18.2 Å². The van der Waals surface area contributed by atoms with Gasteiger partial charge in [-0.25, -0.2) is 8.42 Å². The predicted molar refractivity (Wildman–Crippen MR) is 164 cm³/mol. The number of sulfonamides is 1. The standard InChI is InChI=1S/C28H33N5O5S.C2H4O2/c1-30-15-17-32(18-16-30)14-13-27(34)33(25-11-12-26(37-3)29-28(25)38-4)39(35,36)20-9-10-24-22(19-20)21-7-5-6-8-23(21)31(24)2;1-2(3)4/h5-12,19H,13-18H2,1-4H3;1H3,(H,3,4). The maximum atomic E-state index is 14.2. The van der Waals surface area contributed by atoms with Crippen LogP contribution in [0.15, 0.2) is 59.5 Å². The van der Waals surface area contributed by atoms with Crippen LogP contribution in [0.4, 0.5) is 5.69 Å². The average Bonchev–Trinajstić information content (AvgIpc) is 3.28. The molecule has 1 N–H and O–H groups in total. The number of carbonyl (C=O) groups excluding carboxylic acids is 1. The molecule has 0 saturated carbocycles.